The summed E-state index contributed by atoms with van der Waals surface area (Å²) in [5, 5.41) is 13.1. The van der Waals surface area contributed by atoms with Crippen LogP contribution in [0, 0.1) is 6.92 Å². The minimum Gasteiger partial charge on any atom is -0.493 e. The number of ether oxygens (including phenoxy) is 2. The largest absolute Gasteiger partial charge is 0.493 e. The average Bonchev–Trinajstić information content (AvgIpc) is 3.45. The molecule has 2 N–H and O–H groups in total. The van der Waals surface area contributed by atoms with Crippen LogP contribution >= 0.6 is 50.9 Å². The van der Waals surface area contributed by atoms with Crippen molar-refractivity contribution in [3.63, 3.8) is 0 Å². The summed E-state index contributed by atoms with van der Waals surface area (Å²) in [7, 11) is 1.58. The molecule has 1 amide bonds. The molecule has 2 heterocycles. The smallest absolute Gasteiger partial charge is 0.255 e. The van der Waals surface area contributed by atoms with Gasteiger partial charge in [-0.1, -0.05) is 77.4 Å². The fourth-order valence-electron chi connectivity index (χ4n) is 5.25. The van der Waals surface area contributed by atoms with Crippen LogP contribution in [0.15, 0.2) is 106 Å². The van der Waals surface area contributed by atoms with E-state index in [1.54, 1.807) is 11.8 Å². The van der Waals surface area contributed by atoms with Gasteiger partial charge in [-0.2, -0.15) is 4.98 Å². The normalized spacial score (nSPS) is 14.0. The summed E-state index contributed by atoms with van der Waals surface area (Å²) >= 11 is 17.6. The van der Waals surface area contributed by atoms with Crippen LogP contribution in [0.1, 0.15) is 35.2 Å². The summed E-state index contributed by atoms with van der Waals surface area (Å²) < 4.78 is 14.4. The number of thioether (sulfide) groups is 1. The Labute approximate surface area is 295 Å². The number of halogens is 3. The van der Waals surface area contributed by atoms with E-state index < -0.39 is 6.04 Å². The van der Waals surface area contributed by atoms with Crippen LogP contribution in [0.4, 0.5) is 11.6 Å². The Hall–Kier alpha value is -3.96. The van der Waals surface area contributed by atoms with Crippen molar-refractivity contribution >= 4 is 68.4 Å². The molecule has 1 aliphatic heterocycles. The second-order valence-corrected chi connectivity index (χ2v) is 13.5. The molecule has 0 radical (unpaired) electrons. The van der Waals surface area contributed by atoms with Crippen LogP contribution in [0.25, 0.3) is 0 Å². The van der Waals surface area contributed by atoms with Gasteiger partial charge in [0.1, 0.15) is 12.6 Å². The zero-order chi connectivity index (χ0) is 33.1. The van der Waals surface area contributed by atoms with Gasteiger partial charge in [0.15, 0.2) is 11.5 Å². The Morgan fingerprint density at radius 3 is 2.57 bits per heavy atom. The number of benzene rings is 4. The van der Waals surface area contributed by atoms with Crippen molar-refractivity contribution in [2.45, 2.75) is 37.4 Å². The predicted octanol–water partition coefficient (Wildman–Crippen LogP) is 9.46. The maximum absolute atomic E-state index is 14.1. The molecular formula is C35H30BrCl2N5O3S. The highest BCUT2D eigenvalue weighted by Gasteiger charge is 2.35. The Balaban J connectivity index is 1.37. The third-order valence-corrected chi connectivity index (χ3v) is 9.63. The third-order valence-electron chi connectivity index (χ3n) is 7.53. The number of nitrogens with zero attached hydrogens (tertiary/aromatic N) is 3. The second kappa shape index (κ2) is 14.4. The maximum Gasteiger partial charge on any atom is 0.255 e. The van der Waals surface area contributed by atoms with Crippen LogP contribution in [-0.4, -0.2) is 27.8 Å². The molecule has 0 bridgehead atoms. The fraction of sp³-hybridized carbons (Fsp3) is 0.171. The molecule has 6 rings (SSSR count). The first kappa shape index (κ1) is 33.0. The van der Waals surface area contributed by atoms with Gasteiger partial charge in [0.05, 0.1) is 17.2 Å². The van der Waals surface area contributed by atoms with Gasteiger partial charge in [-0.05, 0) is 94.5 Å². The molecule has 1 aromatic heterocycles. The van der Waals surface area contributed by atoms with Crippen molar-refractivity contribution in [3.05, 3.63) is 133 Å². The molecule has 0 spiro atoms. The molecule has 8 nitrogen and oxygen atoms in total. The van der Waals surface area contributed by atoms with E-state index in [1.807, 2.05) is 98.8 Å². The number of anilines is 2. The molecule has 1 atom stereocenters. The number of hydrogen-bond acceptors (Lipinski definition) is 7. The van der Waals surface area contributed by atoms with E-state index in [4.69, 9.17) is 42.8 Å². The molecule has 0 saturated carbocycles. The van der Waals surface area contributed by atoms with Gasteiger partial charge in [0.2, 0.25) is 11.1 Å². The zero-order valence-electron chi connectivity index (χ0n) is 25.7. The lowest BCUT2D eigenvalue weighted by molar-refractivity contribution is -0.113. The number of aryl methyl sites for hydroxylation is 1. The molecular weight excluding hydrogens is 721 g/mol. The van der Waals surface area contributed by atoms with E-state index in [0.29, 0.717) is 66.4 Å². The fourth-order valence-corrected chi connectivity index (χ4v) is 7.06. The summed E-state index contributed by atoms with van der Waals surface area (Å²) in [5.41, 5.74) is 5.54. The minimum absolute atomic E-state index is 0.268. The highest BCUT2D eigenvalue weighted by atomic mass is 79.9. The monoisotopic (exact) mass is 749 g/mol. The lowest BCUT2D eigenvalue weighted by Gasteiger charge is -2.29. The number of amides is 1. The van der Waals surface area contributed by atoms with Crippen molar-refractivity contribution < 1.29 is 14.3 Å². The maximum atomic E-state index is 14.1. The van der Waals surface area contributed by atoms with Gasteiger partial charge in [-0.25, -0.2) is 4.68 Å². The van der Waals surface area contributed by atoms with E-state index in [-0.39, 0.29) is 5.91 Å². The number of aromatic nitrogens is 3. The van der Waals surface area contributed by atoms with Crippen molar-refractivity contribution in [1.82, 2.24) is 14.8 Å². The molecule has 5 aromatic rings. The minimum atomic E-state index is -0.645. The SMILES string of the molecule is COc1cc(C2C(C(=O)Nc3cccc(C)c3)=C(C)Nc3nc(SCc4ccccc4Cl)nn32)cc(Br)c1OCc1ccc(Cl)cc1. The van der Waals surface area contributed by atoms with Gasteiger partial charge >= 0.3 is 0 Å². The lowest BCUT2D eigenvalue weighted by atomic mass is 9.94. The van der Waals surface area contributed by atoms with E-state index in [0.717, 1.165) is 22.3 Å². The highest BCUT2D eigenvalue weighted by molar-refractivity contribution is 9.10. The van der Waals surface area contributed by atoms with Crippen molar-refractivity contribution in [2.75, 3.05) is 17.7 Å². The van der Waals surface area contributed by atoms with E-state index in [9.17, 15) is 4.79 Å². The molecule has 47 heavy (non-hydrogen) atoms. The number of nitrogens with one attached hydrogen (secondary N) is 2. The molecule has 4 aromatic carbocycles. The molecule has 1 aliphatic rings. The first-order valence-electron chi connectivity index (χ1n) is 14.6. The van der Waals surface area contributed by atoms with Crippen LogP contribution < -0.4 is 20.1 Å². The summed E-state index contributed by atoms with van der Waals surface area (Å²) in [6.07, 6.45) is 0. The molecule has 12 heteroatoms. The van der Waals surface area contributed by atoms with Crippen LogP contribution in [0.3, 0.4) is 0 Å². The average molecular weight is 752 g/mol. The van der Waals surface area contributed by atoms with E-state index in [2.05, 4.69) is 26.6 Å². The van der Waals surface area contributed by atoms with E-state index >= 15 is 0 Å². The number of rotatable bonds is 10. The Morgan fingerprint density at radius 2 is 1.83 bits per heavy atom. The highest BCUT2D eigenvalue weighted by Crippen LogP contribution is 2.44. The van der Waals surface area contributed by atoms with Crippen molar-refractivity contribution in [3.8, 4) is 11.5 Å². The predicted molar refractivity (Wildman–Crippen MR) is 192 cm³/mol. The number of methoxy groups -OCH3 is 1. The Morgan fingerprint density at radius 1 is 1.04 bits per heavy atom. The van der Waals surface area contributed by atoms with Crippen LogP contribution in [-0.2, 0) is 17.2 Å². The Bertz CT molecular complexity index is 1980. The number of allylic oxidation sites excluding steroid dienone is 1. The Kier molecular flexibility index (Phi) is 10.1. The molecule has 0 aliphatic carbocycles. The second-order valence-electron chi connectivity index (χ2n) is 10.9. The molecule has 240 valence electrons. The van der Waals surface area contributed by atoms with Crippen molar-refractivity contribution in [1.29, 1.82) is 0 Å². The first-order valence-corrected chi connectivity index (χ1v) is 17.2. The number of hydrogen-bond donors (Lipinski definition) is 2. The standard InChI is InChI=1S/C35H30BrCl2N5O3S/c1-20-7-6-9-26(15-20)40-33(44)30-21(2)39-34-41-35(47-19-23-8-4-5-10-28(23)38)42-43(34)31(30)24-16-27(36)32(29(17-24)45-3)46-18-22-11-13-25(37)14-12-22/h4-17,31H,18-19H2,1-3H3,(H,40,44)(H,39,41,42). The zero-order valence-corrected chi connectivity index (χ0v) is 29.6. The van der Waals surface area contributed by atoms with Crippen LogP contribution in [0.2, 0.25) is 10.0 Å². The number of fused-ring (bicyclic) bond motifs is 1. The van der Waals surface area contributed by atoms with Crippen molar-refractivity contribution in [2.24, 2.45) is 0 Å². The number of carbonyl (C=O) groups excluding carboxylic acids is 1. The molecule has 1 unspecified atom stereocenters. The quantitative estimate of drug-likeness (QED) is 0.138. The third kappa shape index (κ3) is 7.46. The van der Waals surface area contributed by atoms with Gasteiger partial charge in [0.25, 0.3) is 5.91 Å². The topological polar surface area (TPSA) is 90.3 Å². The van der Waals surface area contributed by atoms with Crippen LogP contribution in [0.5, 0.6) is 11.5 Å². The van der Waals surface area contributed by atoms with Gasteiger partial charge in [0, 0.05) is 27.2 Å². The van der Waals surface area contributed by atoms with Gasteiger partial charge in [-0.3, -0.25) is 4.79 Å². The summed E-state index contributed by atoms with van der Waals surface area (Å²) in [6, 6.07) is 26.0. The number of carbonyl (C=O) groups is 1. The van der Waals surface area contributed by atoms with E-state index in [1.165, 1.54) is 11.8 Å². The molecule has 0 saturated heterocycles. The lowest BCUT2D eigenvalue weighted by Crippen LogP contribution is -2.31. The van der Waals surface area contributed by atoms with Gasteiger partial charge < -0.3 is 20.1 Å². The van der Waals surface area contributed by atoms with Gasteiger partial charge in [-0.15, -0.1) is 5.10 Å². The first-order chi connectivity index (χ1) is 22.7. The summed E-state index contributed by atoms with van der Waals surface area (Å²) in [5.74, 6) is 1.85. The summed E-state index contributed by atoms with van der Waals surface area (Å²) in [4.78, 5) is 18.8. The summed E-state index contributed by atoms with van der Waals surface area (Å²) in [6.45, 7) is 4.15. The molecule has 0 fully saturated rings.